The molecule has 0 atom stereocenters. The van der Waals surface area contributed by atoms with Gasteiger partial charge in [-0.15, -0.1) is 0 Å². The normalized spacial score (nSPS) is 14.7. The van der Waals surface area contributed by atoms with E-state index in [-0.39, 0.29) is 24.0 Å². The van der Waals surface area contributed by atoms with Gasteiger partial charge in [-0.1, -0.05) is 0 Å². The van der Waals surface area contributed by atoms with Gasteiger partial charge in [-0.05, 0) is 0 Å². The molecular weight excluding hydrogens is 193 g/mol. The topological polar surface area (TPSA) is 21.6 Å². The number of hydrogen-bond acceptors (Lipinski definition) is 2. The molecule has 0 unspecified atom stereocenters. The lowest BCUT2D eigenvalue weighted by Crippen LogP contribution is -3.00. The van der Waals surface area contributed by atoms with Crippen molar-refractivity contribution in [1.82, 2.24) is 0 Å². The molecule has 0 aromatic rings. The Hall–Kier alpha value is 0.110. The van der Waals surface area contributed by atoms with Crippen molar-refractivity contribution in [2.75, 3.05) is 13.2 Å². The minimum Gasteiger partial charge on any atom is -1.00 e. The molecule has 2 nitrogen and oxygen atoms in total. The summed E-state index contributed by atoms with van der Waals surface area (Å²) in [4.78, 5) is 3.61. The summed E-state index contributed by atoms with van der Waals surface area (Å²) in [7, 11) is 0. The maximum atomic E-state index is 4.53. The summed E-state index contributed by atoms with van der Waals surface area (Å²) < 4.78 is 4.53. The largest absolute Gasteiger partial charge is 1.00 e. The van der Waals surface area contributed by atoms with Gasteiger partial charge in [0.25, 0.3) is 0 Å². The molecule has 3 heteroatoms. The van der Waals surface area contributed by atoms with Gasteiger partial charge in [0.15, 0.2) is 6.61 Å². The summed E-state index contributed by atoms with van der Waals surface area (Å²) >= 11 is 0. The summed E-state index contributed by atoms with van der Waals surface area (Å²) in [6, 6.07) is 0. The third-order valence-corrected chi connectivity index (χ3v) is 0.434. The zero-order valence-electron chi connectivity index (χ0n) is 3.15. The molecule has 1 aliphatic rings. The predicted octanol–water partition coefficient (Wildman–Crippen LogP) is -3.07. The molecule has 0 fully saturated rings. The number of aliphatic imine (C=N–C) groups is 1. The third kappa shape index (κ3) is 1.52. The zero-order chi connectivity index (χ0) is 3.54. The van der Waals surface area contributed by atoms with Crippen molar-refractivity contribution < 1.29 is 28.7 Å². The van der Waals surface area contributed by atoms with Crippen LogP contribution in [0.5, 0.6) is 0 Å². The lowest BCUT2D eigenvalue weighted by atomic mass is 10.8. The molecule has 0 amide bonds. The van der Waals surface area contributed by atoms with Crippen LogP contribution in [-0.4, -0.2) is 19.6 Å². The molecule has 0 radical (unpaired) electrons. The summed E-state index contributed by atoms with van der Waals surface area (Å²) in [6.45, 7) is 1.51. The highest BCUT2D eigenvalue weighted by Crippen LogP contribution is 1.78. The molecule has 1 rings (SSSR count). The Morgan fingerprint density at radius 2 is 2.50 bits per heavy atom. The SMILES string of the molecule is [C+]1=NCCO1.[I-]. The van der Waals surface area contributed by atoms with Crippen LogP contribution in [0.25, 0.3) is 0 Å². The Morgan fingerprint density at radius 3 is 2.67 bits per heavy atom. The molecule has 0 spiro atoms. The van der Waals surface area contributed by atoms with Crippen LogP contribution in [-0.2, 0) is 4.74 Å². The fourth-order valence-corrected chi connectivity index (χ4v) is 0.228. The number of rotatable bonds is 0. The Kier molecular flexibility index (Phi) is 3.37. The molecule has 6 heavy (non-hydrogen) atoms. The quantitative estimate of drug-likeness (QED) is 0.298. The lowest BCUT2D eigenvalue weighted by molar-refractivity contribution is -0.00000152. The van der Waals surface area contributed by atoms with Gasteiger partial charge in [-0.25, -0.2) is 4.74 Å². The van der Waals surface area contributed by atoms with Gasteiger partial charge in [-0.3, -0.25) is 0 Å². The monoisotopic (exact) mass is 197 g/mol. The van der Waals surface area contributed by atoms with Gasteiger partial charge in [0, 0.05) is 4.99 Å². The molecule has 0 aromatic carbocycles. The molecule has 0 saturated heterocycles. The average molecular weight is 197 g/mol. The maximum Gasteiger partial charge on any atom is 0.641 e. The second-order valence-corrected chi connectivity index (χ2v) is 0.821. The van der Waals surface area contributed by atoms with Gasteiger partial charge in [0.2, 0.25) is 0 Å². The number of ether oxygens (including phenoxy) is 1. The second-order valence-electron chi connectivity index (χ2n) is 0.821. The van der Waals surface area contributed by atoms with Crippen LogP contribution in [0, 0.1) is 0 Å². The molecule has 0 aromatic heterocycles. The highest BCUT2D eigenvalue weighted by Gasteiger charge is 2.05. The van der Waals surface area contributed by atoms with E-state index in [0.29, 0.717) is 0 Å². The highest BCUT2D eigenvalue weighted by atomic mass is 127. The van der Waals surface area contributed by atoms with E-state index >= 15 is 0 Å². The van der Waals surface area contributed by atoms with E-state index in [4.69, 9.17) is 0 Å². The molecule has 0 N–H and O–H groups in total. The van der Waals surface area contributed by atoms with Crippen molar-refractivity contribution in [2.24, 2.45) is 4.99 Å². The summed E-state index contributed by atoms with van der Waals surface area (Å²) in [5.41, 5.74) is 0. The Bertz CT molecular complexity index is 48.8. The third-order valence-electron chi connectivity index (χ3n) is 0.434. The van der Waals surface area contributed by atoms with E-state index in [9.17, 15) is 0 Å². The molecule has 1 aliphatic heterocycles. The summed E-state index contributed by atoms with van der Waals surface area (Å²) in [6.07, 6.45) is 2.35. The van der Waals surface area contributed by atoms with Crippen LogP contribution in [0.15, 0.2) is 4.99 Å². The van der Waals surface area contributed by atoms with Crippen LogP contribution in [0.2, 0.25) is 0 Å². The van der Waals surface area contributed by atoms with Crippen molar-refractivity contribution in [3.63, 3.8) is 0 Å². The van der Waals surface area contributed by atoms with E-state index in [1.165, 1.54) is 0 Å². The van der Waals surface area contributed by atoms with Gasteiger partial charge >= 0.3 is 6.40 Å². The molecule has 0 saturated carbocycles. The highest BCUT2D eigenvalue weighted by molar-refractivity contribution is 5.47. The van der Waals surface area contributed by atoms with E-state index in [2.05, 4.69) is 16.1 Å². The van der Waals surface area contributed by atoms with Gasteiger partial charge in [0.05, 0.1) is 0 Å². The smallest absolute Gasteiger partial charge is 0.641 e. The maximum absolute atomic E-state index is 4.53. The van der Waals surface area contributed by atoms with Crippen LogP contribution < -0.4 is 24.0 Å². The molecule has 1 heterocycles. The Labute approximate surface area is 53.6 Å². The molecular formula is C3H4INO. The van der Waals surface area contributed by atoms with Crippen molar-refractivity contribution in [3.8, 4) is 0 Å². The van der Waals surface area contributed by atoms with Crippen LogP contribution >= 0.6 is 0 Å². The van der Waals surface area contributed by atoms with E-state index in [0.717, 1.165) is 13.2 Å². The number of halogens is 1. The van der Waals surface area contributed by atoms with E-state index in [1.54, 1.807) is 0 Å². The van der Waals surface area contributed by atoms with E-state index in [1.807, 2.05) is 0 Å². The first-order chi connectivity index (χ1) is 2.50. The van der Waals surface area contributed by atoms with Crippen molar-refractivity contribution in [3.05, 3.63) is 0 Å². The Morgan fingerprint density at radius 1 is 1.67 bits per heavy atom. The number of nitrogens with zero attached hydrogens (tertiary/aromatic N) is 1. The summed E-state index contributed by atoms with van der Waals surface area (Å²) in [5.74, 6) is 0. The standard InChI is InChI=1S/C3H4NO.HI/c1-2-5-3-4-1;/h1-2H2;1H/q+1;/p-1. The van der Waals surface area contributed by atoms with Crippen molar-refractivity contribution in [1.29, 1.82) is 0 Å². The van der Waals surface area contributed by atoms with Gasteiger partial charge in [-0.2, -0.15) is 0 Å². The van der Waals surface area contributed by atoms with Gasteiger partial charge in [0.1, 0.15) is 6.54 Å². The van der Waals surface area contributed by atoms with Crippen LogP contribution in [0.4, 0.5) is 0 Å². The molecule has 0 aliphatic carbocycles. The van der Waals surface area contributed by atoms with Crippen molar-refractivity contribution in [2.45, 2.75) is 0 Å². The molecule has 0 bridgehead atoms. The molecule has 34 valence electrons. The first-order valence-corrected chi connectivity index (χ1v) is 1.53. The predicted molar refractivity (Wildman–Crippen MR) is 18.3 cm³/mol. The zero-order valence-corrected chi connectivity index (χ0v) is 5.31. The lowest BCUT2D eigenvalue weighted by Gasteiger charge is -1.59. The first kappa shape index (κ1) is 6.11. The fraction of sp³-hybridized carbons (Fsp3) is 0.667. The van der Waals surface area contributed by atoms with Crippen molar-refractivity contribution >= 4 is 6.40 Å². The van der Waals surface area contributed by atoms with Crippen LogP contribution in [0.3, 0.4) is 0 Å². The van der Waals surface area contributed by atoms with Gasteiger partial charge < -0.3 is 24.0 Å². The Balaban J connectivity index is 0.000000250. The summed E-state index contributed by atoms with van der Waals surface area (Å²) in [5, 5.41) is 0. The fourth-order valence-electron chi connectivity index (χ4n) is 0.228. The minimum absolute atomic E-state index is 0. The average Bonchev–Trinajstić information content (AvgIpc) is 1.76. The van der Waals surface area contributed by atoms with E-state index < -0.39 is 0 Å². The number of hydrogen-bond donors (Lipinski definition) is 0. The minimum atomic E-state index is 0. The first-order valence-electron chi connectivity index (χ1n) is 1.53. The second kappa shape index (κ2) is 3.31. The van der Waals surface area contributed by atoms with Crippen LogP contribution in [0.1, 0.15) is 0 Å².